The minimum Gasteiger partial charge on any atom is -0.454 e. The fraction of sp³-hybridized carbons (Fsp3) is 0.750. The average Bonchev–Trinajstić information content (AvgIpc) is 3.36. The number of methoxy groups -OCH3 is 3. The van der Waals surface area contributed by atoms with Crippen LogP contribution in [0.5, 0.6) is 0 Å². The fourth-order valence-corrected chi connectivity index (χ4v) is 11.6. The molecule has 11 heteroatoms. The van der Waals surface area contributed by atoms with Gasteiger partial charge in [0.25, 0.3) is 0 Å². The number of rotatable bonds is 7. The number of nitrogens with zero attached hydrogens (tertiary/aromatic N) is 1. The van der Waals surface area contributed by atoms with Gasteiger partial charge in [-0.15, -0.1) is 0 Å². The SMILES string of the molecule is CCN1C[C@]2(OC(=O)c3ccccc3NC(C)=O)CC[C@H](OC)[C@]34C1[C@@](O)(C[C@H]23)[C@@]1(O)C[C@H](OC)[C@H]2C[C@@H]4[C@]1(O)[C@H]2OC. The highest BCUT2D eigenvalue weighted by atomic mass is 16.6. The number of likely N-dealkylation sites (tertiary alicyclic amines) is 1. The molecule has 7 rings (SSSR count). The summed E-state index contributed by atoms with van der Waals surface area (Å²) in [5.74, 6) is -1.97. The van der Waals surface area contributed by atoms with Crippen LogP contribution in [0.25, 0.3) is 0 Å². The molecule has 6 fully saturated rings. The number of likely N-dealkylation sites (N-methyl/N-ethyl adjacent to an activating group) is 1. The predicted molar refractivity (Wildman–Crippen MR) is 153 cm³/mol. The molecule has 1 unspecified atom stereocenters. The second kappa shape index (κ2) is 9.45. The van der Waals surface area contributed by atoms with E-state index in [1.165, 1.54) is 6.92 Å². The number of fused-ring (bicyclic) bond motifs is 2. The summed E-state index contributed by atoms with van der Waals surface area (Å²) >= 11 is 0. The maximum absolute atomic E-state index is 14.0. The standard InChI is InChI=1S/C32H44N2O9/c1-6-34-16-28(43-26(36)18-9-7-8-10-20(18)33-17(2)35)12-11-24(41-4)31-22-13-19-21(40-3)14-30(38,32(22,39)25(19)42-5)29(37,27(31)34)15-23(28)31/h7-10,19,21-25,27,37-39H,6,11-16H2,1-5H3,(H,33,35)/t19-,21+,22+,23-,24+,25+,27?,28-,29+,30+,31-,32+/m1/s1. The van der Waals surface area contributed by atoms with Crippen molar-refractivity contribution in [3.8, 4) is 0 Å². The fourth-order valence-electron chi connectivity index (χ4n) is 11.6. The van der Waals surface area contributed by atoms with E-state index in [2.05, 4.69) is 10.2 Å². The molecule has 1 saturated heterocycles. The molecule has 1 aromatic carbocycles. The minimum absolute atomic E-state index is 0.0723. The first kappa shape index (κ1) is 29.6. The number of anilines is 1. The molecule has 43 heavy (non-hydrogen) atoms. The van der Waals surface area contributed by atoms with Gasteiger partial charge < -0.3 is 39.6 Å². The summed E-state index contributed by atoms with van der Waals surface area (Å²) < 4.78 is 24.8. The number of ether oxygens (including phenoxy) is 4. The topological polar surface area (TPSA) is 147 Å². The van der Waals surface area contributed by atoms with Crippen LogP contribution in [-0.4, -0.2) is 113 Å². The molecule has 236 valence electrons. The van der Waals surface area contributed by atoms with Gasteiger partial charge in [-0.25, -0.2) is 4.79 Å². The Kier molecular flexibility index (Phi) is 6.50. The van der Waals surface area contributed by atoms with Crippen LogP contribution in [0.4, 0.5) is 5.69 Å². The van der Waals surface area contributed by atoms with E-state index in [4.69, 9.17) is 18.9 Å². The lowest BCUT2D eigenvalue weighted by molar-refractivity contribution is -0.369. The van der Waals surface area contributed by atoms with Crippen molar-refractivity contribution >= 4 is 17.6 Å². The molecule has 12 atom stereocenters. The highest BCUT2D eigenvalue weighted by molar-refractivity contribution is 6.00. The molecule has 1 aromatic rings. The van der Waals surface area contributed by atoms with Crippen LogP contribution in [0.15, 0.2) is 24.3 Å². The predicted octanol–water partition coefficient (Wildman–Crippen LogP) is 1.34. The van der Waals surface area contributed by atoms with Crippen molar-refractivity contribution in [2.75, 3.05) is 39.7 Å². The smallest absolute Gasteiger partial charge is 0.340 e. The Balaban J connectivity index is 1.41. The normalized spacial score (nSPS) is 49.1. The molecule has 7 bridgehead atoms. The van der Waals surface area contributed by atoms with Crippen LogP contribution in [-0.2, 0) is 23.7 Å². The van der Waals surface area contributed by atoms with Crippen LogP contribution in [0.2, 0.25) is 0 Å². The molecular formula is C32H44N2O9. The quantitative estimate of drug-likeness (QED) is 0.338. The van der Waals surface area contributed by atoms with Crippen molar-refractivity contribution < 1.29 is 43.9 Å². The number of nitrogens with one attached hydrogen (secondary N) is 1. The number of benzene rings is 1. The van der Waals surface area contributed by atoms with Crippen LogP contribution in [0.1, 0.15) is 56.3 Å². The summed E-state index contributed by atoms with van der Waals surface area (Å²) in [6, 6.07) is 6.23. The Labute approximate surface area is 251 Å². The molecule has 6 aliphatic rings. The monoisotopic (exact) mass is 600 g/mol. The van der Waals surface area contributed by atoms with Gasteiger partial charge in [0.2, 0.25) is 5.91 Å². The number of aliphatic hydroxyl groups is 3. The van der Waals surface area contributed by atoms with Gasteiger partial charge in [0.15, 0.2) is 0 Å². The highest BCUT2D eigenvalue weighted by Crippen LogP contribution is 2.80. The molecule has 1 spiro atoms. The number of esters is 1. The van der Waals surface area contributed by atoms with Gasteiger partial charge in [-0.05, 0) is 44.4 Å². The van der Waals surface area contributed by atoms with Crippen LogP contribution in [0.3, 0.4) is 0 Å². The summed E-state index contributed by atoms with van der Waals surface area (Å²) in [7, 11) is 4.82. The van der Waals surface area contributed by atoms with Gasteiger partial charge in [-0.3, -0.25) is 9.69 Å². The van der Waals surface area contributed by atoms with Crippen molar-refractivity contribution in [2.45, 2.75) is 92.7 Å². The summed E-state index contributed by atoms with van der Waals surface area (Å²) in [6.07, 6.45) is 0.245. The van der Waals surface area contributed by atoms with Crippen LogP contribution >= 0.6 is 0 Å². The Morgan fingerprint density at radius 1 is 1.05 bits per heavy atom. The third-order valence-electron chi connectivity index (χ3n) is 12.7. The third-order valence-corrected chi connectivity index (χ3v) is 12.7. The lowest BCUT2D eigenvalue weighted by atomic mass is 9.43. The van der Waals surface area contributed by atoms with Crippen molar-refractivity contribution in [3.05, 3.63) is 29.8 Å². The summed E-state index contributed by atoms with van der Waals surface area (Å²) in [4.78, 5) is 28.1. The maximum atomic E-state index is 14.0. The van der Waals surface area contributed by atoms with E-state index in [-0.39, 0.29) is 36.3 Å². The van der Waals surface area contributed by atoms with E-state index in [1.54, 1.807) is 45.6 Å². The van der Waals surface area contributed by atoms with Crippen molar-refractivity contribution in [1.82, 2.24) is 4.90 Å². The van der Waals surface area contributed by atoms with Gasteiger partial charge in [0, 0.05) is 64.4 Å². The molecule has 1 amide bonds. The molecular weight excluding hydrogens is 556 g/mol. The van der Waals surface area contributed by atoms with Gasteiger partial charge >= 0.3 is 5.97 Å². The molecule has 0 aromatic heterocycles. The molecule has 5 aliphatic carbocycles. The van der Waals surface area contributed by atoms with Gasteiger partial charge in [-0.2, -0.15) is 0 Å². The van der Waals surface area contributed by atoms with Crippen molar-refractivity contribution in [1.29, 1.82) is 0 Å². The number of hydrogen-bond donors (Lipinski definition) is 4. The number of para-hydroxylation sites is 1. The molecule has 4 N–H and O–H groups in total. The number of hydrogen-bond acceptors (Lipinski definition) is 10. The van der Waals surface area contributed by atoms with Gasteiger partial charge in [0.05, 0.1) is 35.6 Å². The van der Waals surface area contributed by atoms with E-state index in [1.807, 2.05) is 6.92 Å². The Hall–Kier alpha value is -2.12. The van der Waals surface area contributed by atoms with Crippen molar-refractivity contribution in [2.24, 2.45) is 23.2 Å². The molecule has 5 saturated carbocycles. The van der Waals surface area contributed by atoms with E-state index < -0.39 is 63.9 Å². The summed E-state index contributed by atoms with van der Waals surface area (Å²) in [6.45, 7) is 4.30. The zero-order valence-electron chi connectivity index (χ0n) is 25.5. The van der Waals surface area contributed by atoms with Crippen LogP contribution in [0, 0.1) is 23.2 Å². The largest absolute Gasteiger partial charge is 0.454 e. The van der Waals surface area contributed by atoms with Gasteiger partial charge in [0.1, 0.15) is 22.4 Å². The van der Waals surface area contributed by atoms with E-state index in [9.17, 15) is 24.9 Å². The minimum atomic E-state index is -1.93. The summed E-state index contributed by atoms with van der Waals surface area (Å²) in [5, 5.41) is 41.5. The van der Waals surface area contributed by atoms with Crippen molar-refractivity contribution in [3.63, 3.8) is 0 Å². The number of amides is 1. The Morgan fingerprint density at radius 3 is 2.44 bits per heavy atom. The lowest BCUT2D eigenvalue weighted by Gasteiger charge is -2.71. The number of carbonyl (C=O) groups excluding carboxylic acids is 2. The Bertz CT molecular complexity index is 1340. The first-order chi connectivity index (χ1) is 20.4. The second-order valence-corrected chi connectivity index (χ2v) is 13.9. The Morgan fingerprint density at radius 2 is 1.79 bits per heavy atom. The summed E-state index contributed by atoms with van der Waals surface area (Å²) in [5.41, 5.74) is -6.72. The zero-order chi connectivity index (χ0) is 30.7. The number of piperidine rings is 1. The zero-order valence-corrected chi connectivity index (χ0v) is 25.5. The molecule has 11 nitrogen and oxygen atoms in total. The highest BCUT2D eigenvalue weighted by Gasteiger charge is 2.93. The van der Waals surface area contributed by atoms with E-state index >= 15 is 0 Å². The first-order valence-corrected chi connectivity index (χ1v) is 15.5. The van der Waals surface area contributed by atoms with Crippen LogP contribution < -0.4 is 5.32 Å². The lowest BCUT2D eigenvalue weighted by Crippen LogP contribution is -2.87. The van der Waals surface area contributed by atoms with Gasteiger partial charge in [-0.1, -0.05) is 19.1 Å². The molecule has 1 aliphatic heterocycles. The second-order valence-electron chi connectivity index (χ2n) is 13.9. The van der Waals surface area contributed by atoms with E-state index in [0.717, 1.165) is 0 Å². The van der Waals surface area contributed by atoms with E-state index in [0.29, 0.717) is 38.0 Å². The first-order valence-electron chi connectivity index (χ1n) is 15.5. The third kappa shape index (κ3) is 3.24. The average molecular weight is 601 g/mol. The number of carbonyl (C=O) groups is 2. The maximum Gasteiger partial charge on any atom is 0.340 e. The molecule has 0 radical (unpaired) electrons. The molecule has 1 heterocycles.